The maximum Gasteiger partial charge on any atom is 0.305 e. The second-order valence-corrected chi connectivity index (χ2v) is 3.17. The Morgan fingerprint density at radius 1 is 1.50 bits per heavy atom. The standard InChI is InChI=1S/C9H13N3O4/c1-3-12(5-4-7(13)14)9(15)8-10-6(2)16-11-8/h3-5H2,1-2H3,(H,13,14). The van der Waals surface area contributed by atoms with Gasteiger partial charge in [0.05, 0.1) is 6.42 Å². The van der Waals surface area contributed by atoms with Crippen molar-refractivity contribution < 1.29 is 19.2 Å². The van der Waals surface area contributed by atoms with Crippen LogP contribution in [0.1, 0.15) is 29.9 Å². The van der Waals surface area contributed by atoms with Gasteiger partial charge in [-0.25, -0.2) is 0 Å². The monoisotopic (exact) mass is 227 g/mol. The van der Waals surface area contributed by atoms with Crippen molar-refractivity contribution in [2.24, 2.45) is 0 Å². The molecule has 7 nitrogen and oxygen atoms in total. The molecule has 0 bridgehead atoms. The van der Waals surface area contributed by atoms with E-state index in [0.717, 1.165) is 0 Å². The van der Waals surface area contributed by atoms with Crippen LogP contribution in [0.3, 0.4) is 0 Å². The molecule has 0 atom stereocenters. The molecule has 0 saturated heterocycles. The van der Waals surface area contributed by atoms with Crippen LogP contribution in [0.25, 0.3) is 0 Å². The average Bonchev–Trinajstić information content (AvgIpc) is 2.65. The zero-order valence-electron chi connectivity index (χ0n) is 9.13. The van der Waals surface area contributed by atoms with E-state index in [-0.39, 0.29) is 18.8 Å². The van der Waals surface area contributed by atoms with Gasteiger partial charge in [0.2, 0.25) is 5.89 Å². The number of carbonyl (C=O) groups excluding carboxylic acids is 1. The molecule has 1 heterocycles. The lowest BCUT2D eigenvalue weighted by atomic mass is 10.3. The van der Waals surface area contributed by atoms with Crippen LogP contribution in [-0.4, -0.2) is 45.1 Å². The first kappa shape index (κ1) is 12.2. The Kier molecular flexibility index (Phi) is 3.98. The van der Waals surface area contributed by atoms with Gasteiger partial charge in [-0.2, -0.15) is 4.98 Å². The molecule has 1 aromatic heterocycles. The van der Waals surface area contributed by atoms with Gasteiger partial charge in [0.25, 0.3) is 11.7 Å². The lowest BCUT2D eigenvalue weighted by Crippen LogP contribution is -2.33. The molecule has 0 aromatic carbocycles. The normalized spacial score (nSPS) is 10.1. The number of aliphatic carboxylic acids is 1. The SMILES string of the molecule is CCN(CCC(=O)O)C(=O)c1noc(C)n1. The molecule has 1 amide bonds. The number of amides is 1. The van der Waals surface area contributed by atoms with Crippen LogP contribution in [0.15, 0.2) is 4.52 Å². The number of aromatic nitrogens is 2. The second-order valence-electron chi connectivity index (χ2n) is 3.17. The molecule has 0 saturated carbocycles. The van der Waals surface area contributed by atoms with E-state index in [2.05, 4.69) is 14.7 Å². The smallest absolute Gasteiger partial charge is 0.305 e. The molecule has 0 aliphatic rings. The van der Waals surface area contributed by atoms with Gasteiger partial charge >= 0.3 is 5.97 Å². The van der Waals surface area contributed by atoms with Gasteiger partial charge in [-0.3, -0.25) is 9.59 Å². The highest BCUT2D eigenvalue weighted by molar-refractivity contribution is 5.90. The Morgan fingerprint density at radius 2 is 2.19 bits per heavy atom. The minimum Gasteiger partial charge on any atom is -0.481 e. The van der Waals surface area contributed by atoms with Crippen molar-refractivity contribution in [2.75, 3.05) is 13.1 Å². The summed E-state index contributed by atoms with van der Waals surface area (Å²) >= 11 is 0. The maximum absolute atomic E-state index is 11.7. The topological polar surface area (TPSA) is 96.5 Å². The zero-order valence-corrected chi connectivity index (χ0v) is 9.13. The molecular formula is C9H13N3O4. The van der Waals surface area contributed by atoms with E-state index in [1.54, 1.807) is 13.8 Å². The lowest BCUT2D eigenvalue weighted by molar-refractivity contribution is -0.137. The summed E-state index contributed by atoms with van der Waals surface area (Å²) in [6, 6.07) is 0. The summed E-state index contributed by atoms with van der Waals surface area (Å²) in [6.45, 7) is 3.88. The number of rotatable bonds is 5. The summed E-state index contributed by atoms with van der Waals surface area (Å²) in [4.78, 5) is 27.3. The van der Waals surface area contributed by atoms with E-state index in [9.17, 15) is 9.59 Å². The van der Waals surface area contributed by atoms with Crippen LogP contribution >= 0.6 is 0 Å². The summed E-state index contributed by atoms with van der Waals surface area (Å²) in [5.41, 5.74) is 0. The summed E-state index contributed by atoms with van der Waals surface area (Å²) in [5.74, 6) is -1.10. The van der Waals surface area contributed by atoms with Gasteiger partial charge in [-0.1, -0.05) is 5.16 Å². The highest BCUT2D eigenvalue weighted by Gasteiger charge is 2.19. The maximum atomic E-state index is 11.7. The van der Waals surface area contributed by atoms with Gasteiger partial charge in [0, 0.05) is 20.0 Å². The third-order valence-corrected chi connectivity index (χ3v) is 1.98. The third-order valence-electron chi connectivity index (χ3n) is 1.98. The average molecular weight is 227 g/mol. The van der Waals surface area contributed by atoms with Crippen molar-refractivity contribution in [1.82, 2.24) is 15.0 Å². The fourth-order valence-electron chi connectivity index (χ4n) is 1.16. The van der Waals surface area contributed by atoms with Crippen molar-refractivity contribution >= 4 is 11.9 Å². The van der Waals surface area contributed by atoms with E-state index < -0.39 is 11.9 Å². The quantitative estimate of drug-likeness (QED) is 0.777. The largest absolute Gasteiger partial charge is 0.481 e. The molecule has 1 aromatic rings. The van der Waals surface area contributed by atoms with Crippen LogP contribution in [0.5, 0.6) is 0 Å². The van der Waals surface area contributed by atoms with Crippen LogP contribution in [-0.2, 0) is 4.79 Å². The highest BCUT2D eigenvalue weighted by atomic mass is 16.5. The Morgan fingerprint density at radius 3 is 2.62 bits per heavy atom. The van der Waals surface area contributed by atoms with Crippen LogP contribution < -0.4 is 0 Å². The minimum absolute atomic E-state index is 0.0373. The molecule has 1 N–H and O–H groups in total. The first-order valence-corrected chi connectivity index (χ1v) is 4.86. The van der Waals surface area contributed by atoms with Crippen LogP contribution in [0.4, 0.5) is 0 Å². The fourth-order valence-corrected chi connectivity index (χ4v) is 1.16. The molecule has 0 aliphatic carbocycles. The highest BCUT2D eigenvalue weighted by Crippen LogP contribution is 2.02. The van der Waals surface area contributed by atoms with Crippen molar-refractivity contribution in [3.63, 3.8) is 0 Å². The van der Waals surface area contributed by atoms with E-state index in [1.165, 1.54) is 4.90 Å². The molecule has 0 spiro atoms. The van der Waals surface area contributed by atoms with Crippen LogP contribution in [0.2, 0.25) is 0 Å². The first-order valence-electron chi connectivity index (χ1n) is 4.86. The molecular weight excluding hydrogens is 214 g/mol. The molecule has 7 heteroatoms. The van der Waals surface area contributed by atoms with E-state index in [0.29, 0.717) is 12.4 Å². The predicted molar refractivity (Wildman–Crippen MR) is 52.9 cm³/mol. The van der Waals surface area contributed by atoms with Crippen molar-refractivity contribution in [1.29, 1.82) is 0 Å². The Bertz CT molecular complexity index is 388. The Balaban J connectivity index is 2.66. The molecule has 0 radical (unpaired) electrons. The van der Waals surface area contributed by atoms with Gasteiger partial charge < -0.3 is 14.5 Å². The summed E-state index contributed by atoms with van der Waals surface area (Å²) in [7, 11) is 0. The summed E-state index contributed by atoms with van der Waals surface area (Å²) in [5, 5.41) is 12.0. The summed E-state index contributed by atoms with van der Waals surface area (Å²) in [6.07, 6.45) is -0.101. The van der Waals surface area contributed by atoms with Crippen molar-refractivity contribution in [2.45, 2.75) is 20.3 Å². The zero-order chi connectivity index (χ0) is 12.1. The van der Waals surface area contributed by atoms with Gasteiger partial charge in [0.1, 0.15) is 0 Å². The molecule has 0 fully saturated rings. The number of hydrogen-bond acceptors (Lipinski definition) is 5. The minimum atomic E-state index is -0.949. The van der Waals surface area contributed by atoms with Gasteiger partial charge in [0.15, 0.2) is 0 Å². The fraction of sp³-hybridized carbons (Fsp3) is 0.556. The van der Waals surface area contributed by atoms with Gasteiger partial charge in [-0.15, -0.1) is 0 Å². The molecule has 1 rings (SSSR count). The Hall–Kier alpha value is -1.92. The Labute approximate surface area is 92.0 Å². The summed E-state index contributed by atoms with van der Waals surface area (Å²) < 4.78 is 4.68. The van der Waals surface area contributed by atoms with E-state index in [1.807, 2.05) is 0 Å². The van der Waals surface area contributed by atoms with Crippen molar-refractivity contribution in [3.05, 3.63) is 11.7 Å². The van der Waals surface area contributed by atoms with Crippen molar-refractivity contribution in [3.8, 4) is 0 Å². The number of carbonyl (C=O) groups is 2. The molecule has 0 unspecified atom stereocenters. The number of aryl methyl sites for hydroxylation is 1. The van der Waals surface area contributed by atoms with E-state index >= 15 is 0 Å². The number of carboxylic acid groups (broad SMARTS) is 1. The molecule has 16 heavy (non-hydrogen) atoms. The molecule has 0 aliphatic heterocycles. The van der Waals surface area contributed by atoms with Crippen LogP contribution in [0, 0.1) is 6.92 Å². The predicted octanol–water partition coefficient (Wildman–Crippen LogP) is 0.315. The van der Waals surface area contributed by atoms with E-state index in [4.69, 9.17) is 5.11 Å². The number of hydrogen-bond donors (Lipinski definition) is 1. The van der Waals surface area contributed by atoms with Gasteiger partial charge in [-0.05, 0) is 6.92 Å². The molecule has 88 valence electrons. The third kappa shape index (κ3) is 3.04. The lowest BCUT2D eigenvalue weighted by Gasteiger charge is -2.17. The number of nitrogens with zero attached hydrogens (tertiary/aromatic N) is 3. The second kappa shape index (κ2) is 5.24. The first-order chi connectivity index (χ1) is 7.54. The number of carboxylic acids is 1.